The Morgan fingerprint density at radius 2 is 2.00 bits per heavy atom. The van der Waals surface area contributed by atoms with Crippen LogP contribution in [0.15, 0.2) is 16.6 Å². The lowest BCUT2D eigenvalue weighted by atomic mass is 10.3. The van der Waals surface area contributed by atoms with E-state index in [1.165, 1.54) is 6.07 Å². The molecule has 2 nitrogen and oxygen atoms in total. The summed E-state index contributed by atoms with van der Waals surface area (Å²) in [4.78, 5) is 4.05. The monoisotopic (exact) mass is 390 g/mol. The van der Waals surface area contributed by atoms with E-state index in [1.54, 1.807) is 0 Å². The zero-order valence-corrected chi connectivity index (χ0v) is 12.7. The van der Waals surface area contributed by atoms with Gasteiger partial charge in [0.05, 0.1) is 22.1 Å². The van der Waals surface area contributed by atoms with Crippen LogP contribution in [0.3, 0.4) is 0 Å². The van der Waals surface area contributed by atoms with E-state index >= 15 is 0 Å². The Balaban J connectivity index is 2.58. The lowest BCUT2D eigenvalue weighted by molar-refractivity contribution is -0.137. The number of hydrogen-bond acceptors (Lipinski definition) is 1. The highest BCUT2D eigenvalue weighted by atomic mass is 79.9. The van der Waals surface area contributed by atoms with Gasteiger partial charge in [-0.05, 0) is 22.0 Å². The van der Waals surface area contributed by atoms with E-state index in [0.29, 0.717) is 0 Å². The first-order valence-electron chi connectivity index (χ1n) is 5.82. The van der Waals surface area contributed by atoms with Gasteiger partial charge in [-0.3, -0.25) is 0 Å². The summed E-state index contributed by atoms with van der Waals surface area (Å²) in [5, 5.41) is 0. The molecule has 0 spiro atoms. The standard InChI is InChI=1S/C12H9BrClF5N2/c13-6-3-8-9(4-7(6)15)21(10(20-8)1-2-14)5-12(18,19)11(16)17/h3-4,11H,1-2,5H2. The molecule has 1 heterocycles. The number of benzene rings is 1. The van der Waals surface area contributed by atoms with Crippen molar-refractivity contribution in [3.63, 3.8) is 0 Å². The lowest BCUT2D eigenvalue weighted by Gasteiger charge is -2.18. The maximum atomic E-state index is 13.6. The SMILES string of the molecule is Fc1cc2c(cc1Br)nc(CCCl)n2CC(F)(F)C(F)F. The molecule has 9 heteroatoms. The Morgan fingerprint density at radius 3 is 2.57 bits per heavy atom. The van der Waals surface area contributed by atoms with Crippen LogP contribution in [0.1, 0.15) is 5.82 Å². The Kier molecular flexibility index (Phi) is 4.77. The fourth-order valence-electron chi connectivity index (χ4n) is 1.90. The molecular formula is C12H9BrClF5N2. The summed E-state index contributed by atoms with van der Waals surface area (Å²) < 4.78 is 65.9. The molecule has 0 saturated carbocycles. The van der Waals surface area contributed by atoms with Crippen molar-refractivity contribution in [1.29, 1.82) is 0 Å². The zero-order valence-electron chi connectivity index (χ0n) is 10.4. The summed E-state index contributed by atoms with van der Waals surface area (Å²) in [7, 11) is 0. The zero-order chi connectivity index (χ0) is 15.8. The molecule has 0 fully saturated rings. The minimum atomic E-state index is -4.24. The molecule has 0 aliphatic rings. The normalized spacial score (nSPS) is 12.6. The van der Waals surface area contributed by atoms with Gasteiger partial charge in [-0.1, -0.05) is 0 Å². The summed E-state index contributed by atoms with van der Waals surface area (Å²) in [6, 6.07) is 2.28. The highest BCUT2D eigenvalue weighted by molar-refractivity contribution is 9.10. The van der Waals surface area contributed by atoms with Crippen LogP contribution in [0, 0.1) is 5.82 Å². The Morgan fingerprint density at radius 1 is 1.33 bits per heavy atom. The van der Waals surface area contributed by atoms with Crippen LogP contribution in [-0.2, 0) is 13.0 Å². The number of aromatic nitrogens is 2. The van der Waals surface area contributed by atoms with Crippen LogP contribution in [0.4, 0.5) is 22.0 Å². The highest BCUT2D eigenvalue weighted by Crippen LogP contribution is 2.30. The first-order chi connectivity index (χ1) is 9.76. The fourth-order valence-corrected chi connectivity index (χ4v) is 2.40. The van der Waals surface area contributed by atoms with Crippen molar-refractivity contribution in [2.24, 2.45) is 0 Å². The summed E-state index contributed by atoms with van der Waals surface area (Å²) in [6.45, 7) is -1.28. The van der Waals surface area contributed by atoms with E-state index in [9.17, 15) is 22.0 Å². The number of imidazole rings is 1. The Bertz CT molecular complexity index is 659. The molecule has 0 atom stereocenters. The minimum Gasteiger partial charge on any atom is -0.322 e. The summed E-state index contributed by atoms with van der Waals surface area (Å²) in [6.07, 6.45) is -3.71. The predicted octanol–water partition coefficient (Wildman–Crippen LogP) is 4.62. The molecule has 2 aromatic rings. The van der Waals surface area contributed by atoms with Crippen molar-refractivity contribution in [2.45, 2.75) is 25.3 Å². The van der Waals surface area contributed by atoms with Gasteiger partial charge in [0.1, 0.15) is 11.6 Å². The first kappa shape index (κ1) is 16.5. The molecule has 1 aromatic heterocycles. The molecule has 0 amide bonds. The van der Waals surface area contributed by atoms with Gasteiger partial charge in [0.25, 0.3) is 0 Å². The summed E-state index contributed by atoms with van der Waals surface area (Å²) in [5.74, 6) is -4.75. The van der Waals surface area contributed by atoms with Crippen molar-refractivity contribution in [3.05, 3.63) is 28.2 Å². The number of alkyl halides is 5. The molecule has 0 N–H and O–H groups in total. The largest absolute Gasteiger partial charge is 0.324 e. The van der Waals surface area contributed by atoms with Crippen LogP contribution in [0.25, 0.3) is 11.0 Å². The molecule has 0 radical (unpaired) electrons. The third-order valence-corrected chi connectivity index (χ3v) is 3.67. The lowest BCUT2D eigenvalue weighted by Crippen LogP contribution is -2.32. The average Bonchev–Trinajstić information content (AvgIpc) is 2.68. The van der Waals surface area contributed by atoms with Crippen LogP contribution in [-0.4, -0.2) is 27.8 Å². The molecule has 116 valence electrons. The predicted molar refractivity (Wildman–Crippen MR) is 72.8 cm³/mol. The van der Waals surface area contributed by atoms with E-state index in [2.05, 4.69) is 20.9 Å². The fraction of sp³-hybridized carbons (Fsp3) is 0.417. The molecule has 2 rings (SSSR count). The van der Waals surface area contributed by atoms with E-state index in [0.717, 1.165) is 10.6 Å². The molecular weight excluding hydrogens is 382 g/mol. The van der Waals surface area contributed by atoms with Crippen molar-refractivity contribution in [3.8, 4) is 0 Å². The van der Waals surface area contributed by atoms with Crippen molar-refractivity contribution >= 4 is 38.6 Å². The second-order valence-corrected chi connectivity index (χ2v) is 5.60. The smallest absolute Gasteiger partial charge is 0.322 e. The van der Waals surface area contributed by atoms with Crippen molar-refractivity contribution in [2.75, 3.05) is 5.88 Å². The number of hydrogen-bond donors (Lipinski definition) is 0. The molecule has 0 saturated heterocycles. The maximum absolute atomic E-state index is 13.6. The number of halogens is 7. The van der Waals surface area contributed by atoms with Gasteiger partial charge in [-0.2, -0.15) is 8.78 Å². The van der Waals surface area contributed by atoms with E-state index in [4.69, 9.17) is 11.6 Å². The van der Waals surface area contributed by atoms with Crippen LogP contribution < -0.4 is 0 Å². The average molecular weight is 392 g/mol. The quantitative estimate of drug-likeness (QED) is 0.537. The second kappa shape index (κ2) is 6.08. The van der Waals surface area contributed by atoms with Gasteiger partial charge in [0.15, 0.2) is 0 Å². The number of fused-ring (bicyclic) bond motifs is 1. The molecule has 0 aliphatic carbocycles. The topological polar surface area (TPSA) is 17.8 Å². The molecule has 1 aromatic carbocycles. The summed E-state index contributed by atoms with van der Waals surface area (Å²) >= 11 is 8.51. The van der Waals surface area contributed by atoms with Gasteiger partial charge in [0, 0.05) is 18.4 Å². The van der Waals surface area contributed by atoms with E-state index in [-0.39, 0.29) is 33.6 Å². The Hall–Kier alpha value is -0.890. The van der Waals surface area contributed by atoms with Crippen molar-refractivity contribution in [1.82, 2.24) is 9.55 Å². The third-order valence-electron chi connectivity index (χ3n) is 2.88. The van der Waals surface area contributed by atoms with Gasteiger partial charge < -0.3 is 4.57 Å². The number of nitrogens with zero attached hydrogens (tertiary/aromatic N) is 2. The van der Waals surface area contributed by atoms with Gasteiger partial charge in [-0.15, -0.1) is 11.6 Å². The van der Waals surface area contributed by atoms with Crippen LogP contribution in [0.5, 0.6) is 0 Å². The number of rotatable bonds is 5. The number of aryl methyl sites for hydroxylation is 1. The maximum Gasteiger partial charge on any atom is 0.324 e. The molecule has 0 bridgehead atoms. The van der Waals surface area contributed by atoms with Gasteiger partial charge >= 0.3 is 12.3 Å². The van der Waals surface area contributed by atoms with Gasteiger partial charge in [-0.25, -0.2) is 18.2 Å². The van der Waals surface area contributed by atoms with E-state index in [1.807, 2.05) is 0 Å². The van der Waals surface area contributed by atoms with Crippen molar-refractivity contribution < 1.29 is 22.0 Å². The summed E-state index contributed by atoms with van der Waals surface area (Å²) in [5.41, 5.74) is 0.254. The van der Waals surface area contributed by atoms with Crippen LogP contribution >= 0.6 is 27.5 Å². The second-order valence-electron chi connectivity index (χ2n) is 4.37. The molecule has 21 heavy (non-hydrogen) atoms. The third kappa shape index (κ3) is 3.31. The Labute approximate surface area is 130 Å². The highest BCUT2D eigenvalue weighted by Gasteiger charge is 2.42. The van der Waals surface area contributed by atoms with E-state index < -0.39 is 24.7 Å². The van der Waals surface area contributed by atoms with Gasteiger partial charge in [0.2, 0.25) is 0 Å². The first-order valence-corrected chi connectivity index (χ1v) is 7.15. The minimum absolute atomic E-state index is 0.0242. The van der Waals surface area contributed by atoms with Crippen LogP contribution in [0.2, 0.25) is 0 Å². The molecule has 0 aliphatic heterocycles. The molecule has 0 unspecified atom stereocenters.